The second kappa shape index (κ2) is 7.48. The molecule has 27 heavy (non-hydrogen) atoms. The molecule has 6 heteroatoms. The van der Waals surface area contributed by atoms with Crippen molar-refractivity contribution >= 4 is 11.6 Å². The molecule has 1 saturated heterocycles. The van der Waals surface area contributed by atoms with Crippen LogP contribution in [0.15, 0.2) is 42.5 Å². The summed E-state index contributed by atoms with van der Waals surface area (Å²) in [6, 6.07) is 13.7. The Bertz CT molecular complexity index is 824. The van der Waals surface area contributed by atoms with Gasteiger partial charge in [0.2, 0.25) is 0 Å². The van der Waals surface area contributed by atoms with Crippen molar-refractivity contribution in [3.63, 3.8) is 0 Å². The van der Waals surface area contributed by atoms with Gasteiger partial charge in [-0.3, -0.25) is 4.79 Å². The van der Waals surface area contributed by atoms with E-state index in [0.29, 0.717) is 36.8 Å². The van der Waals surface area contributed by atoms with Gasteiger partial charge in [0.25, 0.3) is 5.91 Å². The second-order valence-electron chi connectivity index (χ2n) is 6.91. The number of benzene rings is 2. The molecule has 142 valence electrons. The van der Waals surface area contributed by atoms with Gasteiger partial charge in [-0.1, -0.05) is 30.3 Å². The lowest BCUT2D eigenvalue weighted by molar-refractivity contribution is 0.0698. The number of hydrogen-bond acceptors (Lipinski definition) is 5. The van der Waals surface area contributed by atoms with Crippen molar-refractivity contribution in [3.8, 4) is 11.5 Å². The molecule has 1 fully saturated rings. The highest BCUT2D eigenvalue weighted by Crippen LogP contribution is 2.37. The van der Waals surface area contributed by atoms with E-state index in [-0.39, 0.29) is 18.1 Å². The average molecular weight is 368 g/mol. The molecule has 2 aromatic carbocycles. The molecule has 2 aromatic rings. The fourth-order valence-electron chi connectivity index (χ4n) is 3.76. The number of methoxy groups -OCH3 is 2. The highest BCUT2D eigenvalue weighted by Gasteiger charge is 2.38. The molecular formula is C21H24N2O4. The third-order valence-corrected chi connectivity index (χ3v) is 5.27. The first kappa shape index (κ1) is 17.7. The van der Waals surface area contributed by atoms with Gasteiger partial charge in [-0.15, -0.1) is 0 Å². The zero-order valence-corrected chi connectivity index (χ0v) is 15.6. The van der Waals surface area contributed by atoms with Gasteiger partial charge in [-0.25, -0.2) is 0 Å². The Morgan fingerprint density at radius 2 is 1.96 bits per heavy atom. The van der Waals surface area contributed by atoms with E-state index in [9.17, 15) is 4.79 Å². The van der Waals surface area contributed by atoms with Gasteiger partial charge in [0.05, 0.1) is 30.5 Å². The van der Waals surface area contributed by atoms with Crippen molar-refractivity contribution in [3.05, 3.63) is 53.6 Å². The summed E-state index contributed by atoms with van der Waals surface area (Å²) >= 11 is 0. The summed E-state index contributed by atoms with van der Waals surface area (Å²) in [5.74, 6) is 1.19. The van der Waals surface area contributed by atoms with Crippen LogP contribution in [-0.4, -0.2) is 50.3 Å². The van der Waals surface area contributed by atoms with Crippen LogP contribution >= 0.6 is 0 Å². The number of ether oxygens (including phenoxy) is 3. The van der Waals surface area contributed by atoms with E-state index < -0.39 is 0 Å². The van der Waals surface area contributed by atoms with E-state index in [2.05, 4.69) is 5.32 Å². The predicted molar refractivity (Wildman–Crippen MR) is 102 cm³/mol. The highest BCUT2D eigenvalue weighted by molar-refractivity contribution is 6.01. The molecule has 0 radical (unpaired) electrons. The predicted octanol–water partition coefficient (Wildman–Crippen LogP) is 2.93. The number of rotatable bonds is 5. The minimum absolute atomic E-state index is 0.00691. The number of carbonyl (C=O) groups excluding carboxylic acids is 1. The number of carbonyl (C=O) groups is 1. The Balaban J connectivity index is 1.60. The van der Waals surface area contributed by atoms with Gasteiger partial charge in [-0.05, 0) is 18.1 Å². The lowest BCUT2D eigenvalue weighted by atomic mass is 10.1. The Morgan fingerprint density at radius 3 is 2.70 bits per heavy atom. The molecule has 2 aliphatic heterocycles. The summed E-state index contributed by atoms with van der Waals surface area (Å²) in [5, 5.41) is 3.41. The van der Waals surface area contributed by atoms with Crippen LogP contribution in [0.3, 0.4) is 0 Å². The molecule has 6 nitrogen and oxygen atoms in total. The topological polar surface area (TPSA) is 60.0 Å². The zero-order valence-electron chi connectivity index (χ0n) is 15.6. The summed E-state index contributed by atoms with van der Waals surface area (Å²) in [6.07, 6.45) is 0.940. The number of amides is 1. The Kier molecular flexibility index (Phi) is 4.90. The number of fused-ring (bicyclic) bond motifs is 2. The summed E-state index contributed by atoms with van der Waals surface area (Å²) in [7, 11) is 3.29. The van der Waals surface area contributed by atoms with Crippen molar-refractivity contribution in [2.24, 2.45) is 0 Å². The molecule has 2 aliphatic rings. The van der Waals surface area contributed by atoms with Gasteiger partial charge in [-0.2, -0.15) is 0 Å². The van der Waals surface area contributed by atoms with E-state index in [4.69, 9.17) is 14.2 Å². The summed E-state index contributed by atoms with van der Waals surface area (Å²) in [6.45, 7) is 1.76. The van der Waals surface area contributed by atoms with Crippen molar-refractivity contribution in [2.45, 2.75) is 25.2 Å². The minimum atomic E-state index is 0.00691. The SMILES string of the molecule is COc1cc2c(cc1OCc1ccccc1)NC[C@@H]1C[C@@H](OC)CN1C2=O. The highest BCUT2D eigenvalue weighted by atomic mass is 16.5. The maximum atomic E-state index is 13.1. The maximum absolute atomic E-state index is 13.1. The van der Waals surface area contributed by atoms with E-state index in [1.807, 2.05) is 41.3 Å². The van der Waals surface area contributed by atoms with Crippen LogP contribution in [0.1, 0.15) is 22.3 Å². The third kappa shape index (κ3) is 3.45. The van der Waals surface area contributed by atoms with E-state index >= 15 is 0 Å². The second-order valence-corrected chi connectivity index (χ2v) is 6.91. The van der Waals surface area contributed by atoms with Gasteiger partial charge in [0.1, 0.15) is 6.61 Å². The third-order valence-electron chi connectivity index (χ3n) is 5.27. The zero-order chi connectivity index (χ0) is 18.8. The van der Waals surface area contributed by atoms with Crippen molar-refractivity contribution in [1.29, 1.82) is 0 Å². The molecule has 0 spiro atoms. The van der Waals surface area contributed by atoms with Crippen molar-refractivity contribution in [2.75, 3.05) is 32.6 Å². The van der Waals surface area contributed by atoms with Crippen LogP contribution in [0.4, 0.5) is 5.69 Å². The lowest BCUT2D eigenvalue weighted by Crippen LogP contribution is -2.37. The Labute approximate surface area is 159 Å². The summed E-state index contributed by atoms with van der Waals surface area (Å²) < 4.78 is 16.9. The molecule has 0 aromatic heterocycles. The monoisotopic (exact) mass is 368 g/mol. The standard InChI is InChI=1S/C21H24N2O4/c1-25-16-8-15-11-22-18-10-20(27-13-14-6-4-3-5-7-14)19(26-2)9-17(18)21(24)23(15)12-16/h3-7,9-10,15-16,22H,8,11-13H2,1-2H3/t15-,16+/m0/s1. The number of nitrogens with zero attached hydrogens (tertiary/aromatic N) is 1. The van der Waals surface area contributed by atoms with Crippen LogP contribution < -0.4 is 14.8 Å². The molecule has 0 aliphatic carbocycles. The van der Waals surface area contributed by atoms with E-state index in [1.54, 1.807) is 20.3 Å². The Morgan fingerprint density at radius 1 is 1.15 bits per heavy atom. The van der Waals surface area contributed by atoms with E-state index in [0.717, 1.165) is 17.7 Å². The molecule has 1 N–H and O–H groups in total. The van der Waals surface area contributed by atoms with Gasteiger partial charge in [0, 0.05) is 26.3 Å². The first-order chi connectivity index (χ1) is 13.2. The van der Waals surface area contributed by atoms with Gasteiger partial charge < -0.3 is 24.4 Å². The number of hydrogen-bond donors (Lipinski definition) is 1. The van der Waals surface area contributed by atoms with Crippen molar-refractivity contribution in [1.82, 2.24) is 4.90 Å². The first-order valence-corrected chi connectivity index (χ1v) is 9.16. The summed E-state index contributed by atoms with van der Waals surface area (Å²) in [5.41, 5.74) is 2.47. The minimum Gasteiger partial charge on any atom is -0.493 e. The largest absolute Gasteiger partial charge is 0.493 e. The van der Waals surface area contributed by atoms with Crippen LogP contribution in [0.2, 0.25) is 0 Å². The average Bonchev–Trinajstić information content (AvgIpc) is 3.09. The molecule has 1 amide bonds. The summed E-state index contributed by atoms with van der Waals surface area (Å²) in [4.78, 5) is 15.0. The van der Waals surface area contributed by atoms with Crippen LogP contribution in [0.25, 0.3) is 0 Å². The molecular weight excluding hydrogens is 344 g/mol. The molecule has 0 saturated carbocycles. The fourth-order valence-corrected chi connectivity index (χ4v) is 3.76. The fraction of sp³-hybridized carbons (Fsp3) is 0.381. The van der Waals surface area contributed by atoms with Crippen molar-refractivity contribution < 1.29 is 19.0 Å². The molecule has 4 rings (SSSR count). The van der Waals surface area contributed by atoms with E-state index in [1.165, 1.54) is 0 Å². The normalized spacial score (nSPS) is 21.1. The maximum Gasteiger partial charge on any atom is 0.256 e. The molecule has 2 atom stereocenters. The van der Waals surface area contributed by atoms with Crippen LogP contribution in [0, 0.1) is 0 Å². The lowest BCUT2D eigenvalue weighted by Gasteiger charge is -2.21. The first-order valence-electron chi connectivity index (χ1n) is 9.16. The molecule has 0 bridgehead atoms. The molecule has 0 unspecified atom stereocenters. The van der Waals surface area contributed by atoms with Gasteiger partial charge in [0.15, 0.2) is 11.5 Å². The smallest absolute Gasteiger partial charge is 0.256 e. The Hall–Kier alpha value is -2.73. The number of nitrogens with one attached hydrogen (secondary N) is 1. The number of anilines is 1. The van der Waals surface area contributed by atoms with Crippen LogP contribution in [-0.2, 0) is 11.3 Å². The quantitative estimate of drug-likeness (QED) is 0.879. The van der Waals surface area contributed by atoms with Crippen LogP contribution in [0.5, 0.6) is 11.5 Å². The van der Waals surface area contributed by atoms with Gasteiger partial charge >= 0.3 is 0 Å². The molecule has 2 heterocycles.